The topological polar surface area (TPSA) is 158 Å². The molecule has 2 aliphatic heterocycles. The number of hydrogen-bond acceptors (Lipinski definition) is 14. The van der Waals surface area contributed by atoms with E-state index in [2.05, 4.69) is 0 Å². The lowest BCUT2D eigenvalue weighted by molar-refractivity contribution is -0.172. The molecule has 48 heavy (non-hydrogen) atoms. The molecule has 0 aromatic heterocycles. The summed E-state index contributed by atoms with van der Waals surface area (Å²) in [7, 11) is 2.27. The van der Waals surface area contributed by atoms with E-state index in [1.54, 1.807) is 0 Å². The van der Waals surface area contributed by atoms with Crippen LogP contribution in [0.5, 0.6) is 0 Å². The number of fused-ring (bicyclic) bond motifs is 2. The average Bonchev–Trinajstić information content (AvgIpc) is 3.88. The molecule has 0 aromatic rings. The van der Waals surface area contributed by atoms with Crippen LogP contribution in [-0.2, 0) is 57.2 Å². The highest BCUT2D eigenvalue weighted by Gasteiger charge is 2.71. The van der Waals surface area contributed by atoms with E-state index in [9.17, 15) is 28.8 Å². The van der Waals surface area contributed by atoms with Crippen LogP contribution < -0.4 is 0 Å². The summed E-state index contributed by atoms with van der Waals surface area (Å²) in [6.07, 6.45) is 5.79. The van der Waals surface area contributed by atoms with Gasteiger partial charge >= 0.3 is 35.8 Å². The van der Waals surface area contributed by atoms with Crippen LogP contribution in [0.25, 0.3) is 0 Å². The van der Waals surface area contributed by atoms with Crippen molar-refractivity contribution in [2.75, 3.05) is 11.5 Å². The third-order valence-electron chi connectivity index (χ3n) is 12.6. The summed E-state index contributed by atoms with van der Waals surface area (Å²) in [5.41, 5.74) is -1.05. The first-order chi connectivity index (χ1) is 23.0. The molecule has 11 unspecified atom stereocenters. The molecule has 0 N–H and O–H groups in total. The van der Waals surface area contributed by atoms with Gasteiger partial charge in [0.25, 0.3) is 0 Å². The van der Waals surface area contributed by atoms with Gasteiger partial charge in [0.2, 0.25) is 0 Å². The molecule has 0 aromatic carbocycles. The first-order valence-electron chi connectivity index (χ1n) is 17.5. The Labute approximate surface area is 286 Å². The minimum atomic E-state index is -0.707. The minimum absolute atomic E-state index is 0.0637. The van der Waals surface area contributed by atoms with Gasteiger partial charge < -0.3 is 28.4 Å². The Morgan fingerprint density at radius 1 is 0.646 bits per heavy atom. The summed E-state index contributed by atoms with van der Waals surface area (Å²) in [6, 6.07) is 0. The summed E-state index contributed by atoms with van der Waals surface area (Å²) in [6.45, 7) is 3.87. The molecule has 8 rings (SSSR count). The molecular weight excluding hydrogens is 664 g/mol. The molecule has 14 heteroatoms. The predicted octanol–water partition coefficient (Wildman–Crippen LogP) is 3.56. The van der Waals surface area contributed by atoms with E-state index in [-0.39, 0.29) is 35.2 Å². The lowest BCUT2D eigenvalue weighted by Crippen LogP contribution is -2.45. The Bertz CT molecular complexity index is 1300. The molecule has 0 amide bonds. The maximum Gasteiger partial charge on any atom is 0.317 e. The van der Waals surface area contributed by atoms with Crippen LogP contribution in [0.2, 0.25) is 0 Å². The van der Waals surface area contributed by atoms with E-state index in [0.29, 0.717) is 12.8 Å². The molecule has 262 valence electrons. The smallest absolute Gasteiger partial charge is 0.317 e. The number of esters is 6. The number of carbonyl (C=O) groups excluding carboxylic acids is 6. The van der Waals surface area contributed by atoms with Gasteiger partial charge in [-0.05, 0) is 78.1 Å². The molecule has 6 saturated carbocycles. The van der Waals surface area contributed by atoms with Crippen LogP contribution in [-0.4, -0.2) is 82.9 Å². The van der Waals surface area contributed by atoms with E-state index >= 15 is 0 Å². The van der Waals surface area contributed by atoms with Crippen molar-refractivity contribution in [3.63, 3.8) is 0 Å². The van der Waals surface area contributed by atoms with Crippen LogP contribution in [0.4, 0.5) is 0 Å². The van der Waals surface area contributed by atoms with E-state index in [1.165, 1.54) is 0 Å². The van der Waals surface area contributed by atoms with Gasteiger partial charge in [0.1, 0.15) is 47.1 Å². The van der Waals surface area contributed by atoms with Gasteiger partial charge in [-0.3, -0.25) is 28.8 Å². The Morgan fingerprint density at radius 3 is 1.40 bits per heavy atom. The Hall–Kier alpha value is -2.48. The predicted molar refractivity (Wildman–Crippen MR) is 168 cm³/mol. The first-order valence-corrected chi connectivity index (χ1v) is 19.9. The average molecular weight is 707 g/mol. The Kier molecular flexibility index (Phi) is 8.24. The third-order valence-corrected chi connectivity index (χ3v) is 14.7. The largest absolute Gasteiger partial charge is 0.459 e. The zero-order chi connectivity index (χ0) is 33.5. The summed E-state index contributed by atoms with van der Waals surface area (Å²) in [4.78, 5) is 77.9. The van der Waals surface area contributed by atoms with Crippen molar-refractivity contribution in [2.45, 2.75) is 114 Å². The molecule has 6 aliphatic carbocycles. The van der Waals surface area contributed by atoms with Crippen molar-refractivity contribution in [3.8, 4) is 0 Å². The van der Waals surface area contributed by atoms with Crippen molar-refractivity contribution in [3.05, 3.63) is 0 Å². The third kappa shape index (κ3) is 5.42. The zero-order valence-electron chi connectivity index (χ0n) is 27.1. The highest BCUT2D eigenvalue weighted by molar-refractivity contribution is 8.77. The van der Waals surface area contributed by atoms with E-state index in [1.807, 2.05) is 13.8 Å². The number of rotatable bonds is 11. The fraction of sp³-hybridized carbons (Fsp3) is 0.824. The highest BCUT2D eigenvalue weighted by atomic mass is 33.1. The molecule has 2 saturated heterocycles. The molecule has 8 aliphatic rings. The quantitative estimate of drug-likeness (QED) is 0.133. The van der Waals surface area contributed by atoms with Gasteiger partial charge in [0.05, 0.1) is 23.7 Å². The van der Waals surface area contributed by atoms with Crippen LogP contribution in [0.1, 0.15) is 78.1 Å². The lowest BCUT2D eigenvalue weighted by Gasteiger charge is -2.33. The van der Waals surface area contributed by atoms with Gasteiger partial charge in [-0.1, -0.05) is 21.6 Å². The van der Waals surface area contributed by atoms with Crippen LogP contribution >= 0.6 is 21.6 Å². The van der Waals surface area contributed by atoms with Crippen molar-refractivity contribution >= 4 is 57.4 Å². The lowest BCUT2D eigenvalue weighted by atomic mass is 9.78. The van der Waals surface area contributed by atoms with Gasteiger partial charge in [-0.25, -0.2) is 0 Å². The number of hydrogen-bond donors (Lipinski definition) is 0. The van der Waals surface area contributed by atoms with Gasteiger partial charge in [-0.2, -0.15) is 0 Å². The summed E-state index contributed by atoms with van der Waals surface area (Å²) < 4.78 is 34.7. The normalized spacial score (nSPS) is 41.7. The van der Waals surface area contributed by atoms with Crippen LogP contribution in [0.3, 0.4) is 0 Å². The standard InChI is InChI=1S/C34H42O12S2/c1-33(7-3-4-8-33)45-31(39)23-17-11-15-21(23)29(37)43-27(15)25(17)41-19(35)13-47-48-14-20(36)42-26-18-12-16-22(30(38)44-28(16)26)24(18)32(40)46-34(2)9-5-6-10-34/h15-18,21-28H,3-14H2,1-2H3/t15?,16?,17?,18?,21?,22?,23-,24?,25?,26?,27?,28?/m1/s1. The monoisotopic (exact) mass is 706 g/mol. The summed E-state index contributed by atoms with van der Waals surface area (Å²) in [5.74, 6) is -6.28. The minimum Gasteiger partial charge on any atom is -0.459 e. The SMILES string of the molecule is CC1(OC(=O)C2C3CC4C(OC(=O)C42)C3OC(=O)CSSCC(=O)OC2C3OC(=O)C4C3CC2[C@H]4C(=O)OC2(C)CCCC2)CCCC1. The first kappa shape index (κ1) is 32.7. The molecule has 4 bridgehead atoms. The van der Waals surface area contributed by atoms with Crippen molar-refractivity contribution in [1.29, 1.82) is 0 Å². The number of ether oxygens (including phenoxy) is 6. The van der Waals surface area contributed by atoms with E-state index in [0.717, 1.165) is 73.0 Å². The van der Waals surface area contributed by atoms with Gasteiger partial charge in [-0.15, -0.1) is 0 Å². The van der Waals surface area contributed by atoms with Crippen LogP contribution in [0.15, 0.2) is 0 Å². The molecular formula is C34H42O12S2. The Morgan fingerprint density at radius 2 is 1.02 bits per heavy atom. The molecule has 12 nitrogen and oxygen atoms in total. The summed E-state index contributed by atoms with van der Waals surface area (Å²) >= 11 is 0. The summed E-state index contributed by atoms with van der Waals surface area (Å²) in [5, 5.41) is 0. The van der Waals surface area contributed by atoms with Crippen molar-refractivity contribution in [2.24, 2.45) is 47.3 Å². The number of carbonyl (C=O) groups is 6. The highest BCUT2D eigenvalue weighted by Crippen LogP contribution is 2.60. The maximum atomic E-state index is 13.3. The van der Waals surface area contributed by atoms with Gasteiger partial charge in [0, 0.05) is 23.7 Å². The van der Waals surface area contributed by atoms with E-state index < -0.39 is 95.1 Å². The zero-order valence-corrected chi connectivity index (χ0v) is 28.8. The van der Waals surface area contributed by atoms with Crippen molar-refractivity contribution in [1.82, 2.24) is 0 Å². The van der Waals surface area contributed by atoms with Gasteiger partial charge in [0.15, 0.2) is 0 Å². The van der Waals surface area contributed by atoms with E-state index in [4.69, 9.17) is 28.4 Å². The fourth-order valence-electron chi connectivity index (χ4n) is 10.6. The maximum absolute atomic E-state index is 13.3. The second-order valence-electron chi connectivity index (χ2n) is 15.6. The van der Waals surface area contributed by atoms with Crippen LogP contribution in [0, 0.1) is 47.3 Å². The Balaban J connectivity index is 0.815. The molecule has 2 heterocycles. The molecule has 0 spiro atoms. The second kappa shape index (κ2) is 12.1. The second-order valence-corrected chi connectivity index (χ2v) is 18.1. The van der Waals surface area contributed by atoms with Crippen molar-refractivity contribution < 1.29 is 57.2 Å². The molecule has 0 radical (unpaired) electrons. The molecule has 12 atom stereocenters. The molecule has 8 fully saturated rings. The fourth-order valence-corrected chi connectivity index (χ4v) is 12.1.